The highest BCUT2D eigenvalue weighted by molar-refractivity contribution is 5.97. The van der Waals surface area contributed by atoms with Crippen LogP contribution in [0.25, 0.3) is 0 Å². The molecule has 1 aliphatic carbocycles. The molecule has 1 amide bonds. The second-order valence-corrected chi connectivity index (χ2v) is 14.8. The third kappa shape index (κ3) is 9.51. The number of likely N-dealkylation sites (tertiary alicyclic amines) is 1. The minimum absolute atomic E-state index is 0.0485. The predicted octanol–water partition coefficient (Wildman–Crippen LogP) is 6.74. The number of nitrogens with zero attached hydrogens (tertiary/aromatic N) is 7. The predicted molar refractivity (Wildman–Crippen MR) is 195 cm³/mol. The minimum Gasteiger partial charge on any atom is -0.451 e. The number of hydrogen-bond donors (Lipinski definition) is 1. The van der Waals surface area contributed by atoms with Crippen LogP contribution in [-0.4, -0.2) is 96.1 Å². The van der Waals surface area contributed by atoms with E-state index in [1.807, 2.05) is 40.8 Å². The number of allylic oxidation sites excluding steroid dienone is 1. The van der Waals surface area contributed by atoms with E-state index >= 15 is 0 Å². The molecule has 2 aromatic rings. The van der Waals surface area contributed by atoms with Crippen molar-refractivity contribution in [3.05, 3.63) is 53.9 Å². The normalized spacial score (nSPS) is 20.5. The number of hydrogen-bond acceptors (Lipinski definition) is 9. The topological polar surface area (TPSA) is 98.5 Å². The summed E-state index contributed by atoms with van der Waals surface area (Å²) in [6, 6.07) is 4.56. The molecular formula is C38H55FN8O2. The van der Waals surface area contributed by atoms with Gasteiger partial charge in [0.15, 0.2) is 11.6 Å². The number of ether oxygens (including phenoxy) is 1. The molecule has 1 saturated carbocycles. The molecule has 1 aromatic heterocycles. The van der Waals surface area contributed by atoms with Gasteiger partial charge in [0, 0.05) is 50.2 Å². The Bertz CT molecular complexity index is 1470. The molecule has 1 unspecified atom stereocenters. The molecule has 49 heavy (non-hydrogen) atoms. The molecule has 5 rings (SSSR count). The van der Waals surface area contributed by atoms with E-state index in [9.17, 15) is 9.18 Å². The summed E-state index contributed by atoms with van der Waals surface area (Å²) in [5, 5.41) is 3.62. The third-order valence-corrected chi connectivity index (χ3v) is 10.5. The Morgan fingerprint density at radius 3 is 2.55 bits per heavy atom. The number of rotatable bonds is 13. The van der Waals surface area contributed by atoms with Crippen molar-refractivity contribution in [3.8, 4) is 11.5 Å². The second kappa shape index (κ2) is 16.8. The summed E-state index contributed by atoms with van der Waals surface area (Å²) in [5.74, 6) is 1.27. The SMILES string of the molecule is C=N/C=C(/C)C=NCNC1CCC2(CC1)CCN(CC1CCN(c3ncncc3Oc3ccc(F)cc3C(=O)N(C(C)C)C(C)C)C1)CC2. The lowest BCUT2D eigenvalue weighted by atomic mass is 9.67. The summed E-state index contributed by atoms with van der Waals surface area (Å²) < 4.78 is 20.7. The number of piperidine rings is 1. The molecule has 1 aromatic carbocycles. The minimum atomic E-state index is -0.481. The van der Waals surface area contributed by atoms with Crippen LogP contribution < -0.4 is 15.0 Å². The van der Waals surface area contributed by atoms with Gasteiger partial charge < -0.3 is 19.4 Å². The number of aliphatic imine (C=N–C) groups is 2. The second-order valence-electron chi connectivity index (χ2n) is 14.8. The van der Waals surface area contributed by atoms with Crippen LogP contribution in [0.1, 0.15) is 89.9 Å². The Morgan fingerprint density at radius 1 is 1.12 bits per heavy atom. The first-order valence-corrected chi connectivity index (χ1v) is 18.0. The Morgan fingerprint density at radius 2 is 1.86 bits per heavy atom. The van der Waals surface area contributed by atoms with Gasteiger partial charge in [-0.1, -0.05) is 0 Å². The van der Waals surface area contributed by atoms with Crippen molar-refractivity contribution in [3.63, 3.8) is 0 Å². The van der Waals surface area contributed by atoms with Gasteiger partial charge in [0.1, 0.15) is 17.9 Å². The maximum Gasteiger partial charge on any atom is 0.258 e. The lowest BCUT2D eigenvalue weighted by Gasteiger charge is -2.46. The van der Waals surface area contributed by atoms with E-state index in [-0.39, 0.29) is 23.6 Å². The number of halogens is 1. The Labute approximate surface area is 291 Å². The summed E-state index contributed by atoms with van der Waals surface area (Å²) in [6.45, 7) is 19.1. The number of carbonyl (C=O) groups excluding carboxylic acids is 1. The van der Waals surface area contributed by atoms with Gasteiger partial charge in [-0.15, -0.1) is 0 Å². The van der Waals surface area contributed by atoms with Gasteiger partial charge in [-0.3, -0.25) is 20.1 Å². The lowest BCUT2D eigenvalue weighted by molar-refractivity contribution is 0.0529. The maximum absolute atomic E-state index is 14.4. The quantitative estimate of drug-likeness (QED) is 0.235. The first-order valence-electron chi connectivity index (χ1n) is 18.0. The van der Waals surface area contributed by atoms with Crippen molar-refractivity contribution in [1.82, 2.24) is 25.1 Å². The number of amides is 1. The summed E-state index contributed by atoms with van der Waals surface area (Å²) in [4.78, 5) is 37.3. The zero-order valence-corrected chi connectivity index (χ0v) is 30.1. The van der Waals surface area contributed by atoms with Gasteiger partial charge in [0.05, 0.1) is 18.4 Å². The van der Waals surface area contributed by atoms with Gasteiger partial charge in [0.2, 0.25) is 0 Å². The zero-order chi connectivity index (χ0) is 35.0. The monoisotopic (exact) mass is 674 g/mol. The third-order valence-electron chi connectivity index (χ3n) is 10.5. The van der Waals surface area contributed by atoms with Gasteiger partial charge >= 0.3 is 0 Å². The van der Waals surface area contributed by atoms with Crippen molar-refractivity contribution in [1.29, 1.82) is 0 Å². The summed E-state index contributed by atoms with van der Waals surface area (Å²) in [6.07, 6.45) is 15.4. The summed E-state index contributed by atoms with van der Waals surface area (Å²) in [5.41, 5.74) is 1.69. The Kier molecular flexibility index (Phi) is 12.5. The molecule has 2 aliphatic heterocycles. The fraction of sp³-hybridized carbons (Fsp3) is 0.605. The first kappa shape index (κ1) is 36.6. The Balaban J connectivity index is 1.13. The standard InChI is InChI=1S/C38H55FN8O2/c1-27(2)47(28(3)4)37(48)33-19-31(39)7-8-34(33)49-35-22-42-26-44-36(35)46-16-11-30(24-46)23-45-17-14-38(15-18-45)12-9-32(10-13-38)43-25-41-21-29(5)20-40-6/h7-8,19-22,26-28,30,32,43H,6,9-18,23-25H2,1-5H3/b29-20-,41-21?. The largest absolute Gasteiger partial charge is 0.451 e. The molecule has 0 radical (unpaired) electrons. The first-order chi connectivity index (χ1) is 23.6. The van der Waals surface area contributed by atoms with E-state index in [2.05, 4.69) is 41.8 Å². The van der Waals surface area contributed by atoms with Crippen LogP contribution >= 0.6 is 0 Å². The number of nitrogens with one attached hydrogen (secondary N) is 1. The van der Waals surface area contributed by atoms with E-state index in [4.69, 9.17) is 4.74 Å². The summed E-state index contributed by atoms with van der Waals surface area (Å²) in [7, 11) is 0. The highest BCUT2D eigenvalue weighted by atomic mass is 19.1. The van der Waals surface area contributed by atoms with Gasteiger partial charge in [-0.25, -0.2) is 14.4 Å². The average molecular weight is 675 g/mol. The molecule has 3 aliphatic rings. The number of aromatic nitrogens is 2. The molecule has 3 fully saturated rings. The fourth-order valence-corrected chi connectivity index (χ4v) is 7.93. The highest BCUT2D eigenvalue weighted by Crippen LogP contribution is 2.45. The van der Waals surface area contributed by atoms with Crippen molar-refractivity contribution in [2.75, 3.05) is 44.3 Å². The van der Waals surface area contributed by atoms with Crippen LogP contribution in [0.5, 0.6) is 11.5 Å². The van der Waals surface area contributed by atoms with E-state index in [0.29, 0.717) is 41.4 Å². The molecular weight excluding hydrogens is 619 g/mol. The zero-order valence-electron chi connectivity index (χ0n) is 30.1. The van der Waals surface area contributed by atoms with E-state index in [1.165, 1.54) is 63.1 Å². The smallest absolute Gasteiger partial charge is 0.258 e. The van der Waals surface area contributed by atoms with Crippen molar-refractivity contribution in [2.24, 2.45) is 21.3 Å². The fourth-order valence-electron chi connectivity index (χ4n) is 7.93. The highest BCUT2D eigenvalue weighted by Gasteiger charge is 2.39. The summed E-state index contributed by atoms with van der Waals surface area (Å²) >= 11 is 0. The molecule has 2 saturated heterocycles. The molecule has 10 nitrogen and oxygen atoms in total. The van der Waals surface area contributed by atoms with Gasteiger partial charge in [-0.05, 0) is 134 Å². The Hall–Kier alpha value is -3.70. The van der Waals surface area contributed by atoms with Crippen molar-refractivity contribution >= 4 is 24.7 Å². The average Bonchev–Trinajstić information content (AvgIpc) is 3.54. The van der Waals surface area contributed by atoms with Gasteiger partial charge in [0.25, 0.3) is 5.91 Å². The van der Waals surface area contributed by atoms with Gasteiger partial charge in [-0.2, -0.15) is 0 Å². The number of anilines is 1. The van der Waals surface area contributed by atoms with Crippen LogP contribution in [0.3, 0.4) is 0 Å². The lowest BCUT2D eigenvalue weighted by Crippen LogP contribution is -2.46. The molecule has 1 N–H and O–H groups in total. The maximum atomic E-state index is 14.4. The van der Waals surface area contributed by atoms with E-state index in [0.717, 1.165) is 44.7 Å². The molecule has 0 bridgehead atoms. The molecule has 11 heteroatoms. The molecule has 1 atom stereocenters. The van der Waals surface area contributed by atoms with E-state index < -0.39 is 5.82 Å². The van der Waals surface area contributed by atoms with Crippen LogP contribution in [0.2, 0.25) is 0 Å². The van der Waals surface area contributed by atoms with Crippen molar-refractivity contribution < 1.29 is 13.9 Å². The molecule has 266 valence electrons. The van der Waals surface area contributed by atoms with E-state index in [1.54, 1.807) is 17.3 Å². The number of carbonyl (C=O) groups is 1. The number of benzene rings is 1. The molecule has 3 heterocycles. The van der Waals surface area contributed by atoms with Crippen LogP contribution in [0.4, 0.5) is 10.2 Å². The van der Waals surface area contributed by atoms with Crippen LogP contribution in [0, 0.1) is 17.2 Å². The molecule has 1 spiro atoms. The van der Waals surface area contributed by atoms with Crippen molar-refractivity contribution in [2.45, 2.75) is 97.7 Å². The van der Waals surface area contributed by atoms with Crippen LogP contribution in [-0.2, 0) is 0 Å². The van der Waals surface area contributed by atoms with Crippen LogP contribution in [0.15, 0.2) is 52.5 Å².